The van der Waals surface area contributed by atoms with E-state index in [-0.39, 0.29) is 49.2 Å². The van der Waals surface area contributed by atoms with Crippen LogP contribution in [0, 0.1) is 5.92 Å². The predicted octanol–water partition coefficient (Wildman–Crippen LogP) is 1.39. The van der Waals surface area contributed by atoms with Crippen LogP contribution in [-0.2, 0) is 25.4 Å². The summed E-state index contributed by atoms with van der Waals surface area (Å²) < 4.78 is 13.4. The summed E-state index contributed by atoms with van der Waals surface area (Å²) in [5, 5.41) is 6.32. The Balaban J connectivity index is 1.49. The second-order valence-electron chi connectivity index (χ2n) is 7.70. The van der Waals surface area contributed by atoms with Crippen molar-refractivity contribution in [2.45, 2.75) is 31.7 Å². The van der Waals surface area contributed by atoms with Crippen LogP contribution in [0.25, 0.3) is 0 Å². The molecule has 30 heavy (non-hydrogen) atoms. The third-order valence-corrected chi connectivity index (χ3v) is 6.81. The van der Waals surface area contributed by atoms with E-state index in [4.69, 9.17) is 11.6 Å². The van der Waals surface area contributed by atoms with Crippen LogP contribution in [0.1, 0.15) is 25.7 Å². The molecule has 0 bridgehead atoms. The highest BCUT2D eigenvalue weighted by molar-refractivity contribution is 7.81. The quantitative estimate of drug-likeness (QED) is 0.678. The minimum Gasteiger partial charge on any atom is -0.352 e. The number of carbonyl (C=O) groups is 3. The van der Waals surface area contributed by atoms with Crippen LogP contribution in [0.5, 0.6) is 0 Å². The summed E-state index contributed by atoms with van der Waals surface area (Å²) in [5.41, 5.74) is 0.605. The minimum atomic E-state index is -0.992. The fourth-order valence-electron chi connectivity index (χ4n) is 3.80. The van der Waals surface area contributed by atoms with E-state index in [2.05, 4.69) is 10.6 Å². The van der Waals surface area contributed by atoms with Crippen LogP contribution in [0.15, 0.2) is 24.3 Å². The van der Waals surface area contributed by atoms with Crippen LogP contribution in [0.4, 0.5) is 5.69 Å². The van der Waals surface area contributed by atoms with E-state index in [1.165, 1.54) is 4.90 Å². The number of hydrogen-bond donors (Lipinski definition) is 2. The van der Waals surface area contributed by atoms with Gasteiger partial charge in [0, 0.05) is 49.1 Å². The number of amides is 3. The van der Waals surface area contributed by atoms with Crippen molar-refractivity contribution in [1.29, 1.82) is 0 Å². The summed E-state index contributed by atoms with van der Waals surface area (Å²) in [4.78, 5) is 38.8. The van der Waals surface area contributed by atoms with E-state index < -0.39 is 11.0 Å². The molecule has 2 heterocycles. The highest BCUT2D eigenvalue weighted by atomic mass is 35.5. The van der Waals surface area contributed by atoms with Gasteiger partial charge < -0.3 is 15.5 Å². The van der Waals surface area contributed by atoms with E-state index in [9.17, 15) is 18.6 Å². The smallest absolute Gasteiger partial charge is 0.239 e. The molecule has 164 valence electrons. The molecule has 3 rings (SSSR count). The Morgan fingerprint density at radius 3 is 2.63 bits per heavy atom. The molecule has 2 saturated heterocycles. The first kappa shape index (κ1) is 22.7. The Morgan fingerprint density at radius 2 is 1.97 bits per heavy atom. The largest absolute Gasteiger partial charge is 0.352 e. The van der Waals surface area contributed by atoms with Gasteiger partial charge in [-0.25, -0.2) is 8.51 Å². The summed E-state index contributed by atoms with van der Waals surface area (Å²) in [6, 6.07) is 6.91. The first-order valence-corrected chi connectivity index (χ1v) is 11.9. The summed E-state index contributed by atoms with van der Waals surface area (Å²) in [6.45, 7) is 1.50. The maximum atomic E-state index is 12.6. The second kappa shape index (κ2) is 10.4. The van der Waals surface area contributed by atoms with Crippen molar-refractivity contribution in [3.8, 4) is 0 Å². The number of carbonyl (C=O) groups excluding carboxylic acids is 3. The number of anilines is 1. The lowest BCUT2D eigenvalue weighted by Gasteiger charge is -2.33. The number of hydrogen-bond acceptors (Lipinski definition) is 4. The highest BCUT2D eigenvalue weighted by Crippen LogP contribution is 2.21. The summed E-state index contributed by atoms with van der Waals surface area (Å²) in [5.74, 6) is -0.907. The number of halogens is 1. The molecular weight excluding hydrogens is 428 g/mol. The Bertz CT molecular complexity index is 829. The lowest BCUT2D eigenvalue weighted by molar-refractivity contribution is -0.141. The monoisotopic (exact) mass is 454 g/mol. The Hall–Kier alpha value is -1.97. The third kappa shape index (κ3) is 6.26. The number of piperidine rings is 2. The zero-order chi connectivity index (χ0) is 21.7. The number of nitrogens with zero attached hydrogens (tertiary/aromatic N) is 2. The lowest BCUT2D eigenvalue weighted by Crippen LogP contribution is -2.51. The summed E-state index contributed by atoms with van der Waals surface area (Å²) in [6.07, 6.45) is 3.80. The Morgan fingerprint density at radius 1 is 1.23 bits per heavy atom. The van der Waals surface area contributed by atoms with Gasteiger partial charge in [0.1, 0.15) is 0 Å². The van der Waals surface area contributed by atoms with Crippen molar-refractivity contribution >= 4 is 46.0 Å². The van der Waals surface area contributed by atoms with E-state index in [0.717, 1.165) is 12.8 Å². The standard InChI is InChI=1S/C20H27ClN4O4S/c1-30(29)25-9-7-16(8-10-25)22-18(26)13-24-12-14(5-6-19(24)27)20(28)23-17-4-2-3-15(21)11-17/h2-4,11,14,16H,5-10,12-13H2,1H3,(H,22,26)(H,23,28). The van der Waals surface area contributed by atoms with E-state index in [1.807, 2.05) is 4.31 Å². The number of benzene rings is 1. The van der Waals surface area contributed by atoms with Crippen molar-refractivity contribution in [3.05, 3.63) is 29.3 Å². The van der Waals surface area contributed by atoms with E-state index in [1.54, 1.807) is 30.5 Å². The first-order valence-electron chi connectivity index (χ1n) is 10.0. The van der Waals surface area contributed by atoms with Crippen molar-refractivity contribution in [2.75, 3.05) is 37.8 Å². The Kier molecular flexibility index (Phi) is 7.85. The SMILES string of the molecule is CS(=O)N1CCC(NC(=O)CN2CC(C(=O)Nc3cccc(Cl)c3)CCC2=O)CC1. The second-order valence-corrected chi connectivity index (χ2v) is 9.50. The van der Waals surface area contributed by atoms with Gasteiger partial charge in [-0.15, -0.1) is 0 Å². The van der Waals surface area contributed by atoms with Crippen molar-refractivity contribution in [1.82, 2.24) is 14.5 Å². The maximum Gasteiger partial charge on any atom is 0.239 e. The molecule has 0 spiro atoms. The fraction of sp³-hybridized carbons (Fsp3) is 0.550. The molecule has 3 amide bonds. The number of nitrogens with one attached hydrogen (secondary N) is 2. The van der Waals surface area contributed by atoms with Gasteiger partial charge in [0.25, 0.3) is 0 Å². The van der Waals surface area contributed by atoms with Gasteiger partial charge in [0.05, 0.1) is 23.4 Å². The van der Waals surface area contributed by atoms with Crippen molar-refractivity contribution in [3.63, 3.8) is 0 Å². The highest BCUT2D eigenvalue weighted by Gasteiger charge is 2.32. The molecule has 2 unspecified atom stereocenters. The molecule has 2 atom stereocenters. The van der Waals surface area contributed by atoms with Gasteiger partial charge in [0.2, 0.25) is 17.7 Å². The van der Waals surface area contributed by atoms with Crippen molar-refractivity contribution < 1.29 is 18.6 Å². The van der Waals surface area contributed by atoms with Crippen molar-refractivity contribution in [2.24, 2.45) is 5.92 Å². The lowest BCUT2D eigenvalue weighted by atomic mass is 9.96. The summed E-state index contributed by atoms with van der Waals surface area (Å²) >= 11 is 5.95. The van der Waals surface area contributed by atoms with Crippen LogP contribution in [-0.4, -0.2) is 69.6 Å². The molecule has 2 aliphatic rings. The third-order valence-electron chi connectivity index (χ3n) is 5.48. The molecule has 0 radical (unpaired) electrons. The molecule has 8 nitrogen and oxygen atoms in total. The molecule has 1 aromatic rings. The molecule has 0 aromatic heterocycles. The molecular formula is C20H27ClN4O4S. The Labute approximate surface area is 183 Å². The van der Waals surface area contributed by atoms with Crippen LogP contribution < -0.4 is 10.6 Å². The fourth-order valence-corrected chi connectivity index (χ4v) is 4.71. The average molecular weight is 455 g/mol. The van der Waals surface area contributed by atoms with Crippen LogP contribution in [0.2, 0.25) is 5.02 Å². The van der Waals surface area contributed by atoms with Gasteiger partial charge in [-0.1, -0.05) is 17.7 Å². The normalized spacial score (nSPS) is 21.9. The van der Waals surface area contributed by atoms with Crippen LogP contribution >= 0.6 is 11.6 Å². The van der Waals surface area contributed by atoms with Crippen LogP contribution in [0.3, 0.4) is 0 Å². The summed E-state index contributed by atoms with van der Waals surface area (Å²) in [7, 11) is -0.992. The number of likely N-dealkylation sites (tertiary alicyclic amines) is 1. The average Bonchev–Trinajstić information content (AvgIpc) is 2.70. The predicted molar refractivity (Wildman–Crippen MR) is 116 cm³/mol. The van der Waals surface area contributed by atoms with Gasteiger partial charge in [0.15, 0.2) is 0 Å². The zero-order valence-electron chi connectivity index (χ0n) is 16.9. The first-order chi connectivity index (χ1) is 14.3. The van der Waals surface area contributed by atoms with E-state index >= 15 is 0 Å². The van der Waals surface area contributed by atoms with E-state index in [0.29, 0.717) is 30.2 Å². The number of rotatable bonds is 6. The van der Waals surface area contributed by atoms with Gasteiger partial charge >= 0.3 is 0 Å². The molecule has 2 aliphatic heterocycles. The van der Waals surface area contributed by atoms with Gasteiger partial charge in [-0.05, 0) is 37.5 Å². The molecule has 2 N–H and O–H groups in total. The molecule has 0 aliphatic carbocycles. The molecule has 10 heteroatoms. The molecule has 1 aromatic carbocycles. The zero-order valence-corrected chi connectivity index (χ0v) is 18.5. The maximum absolute atomic E-state index is 12.6. The minimum absolute atomic E-state index is 0.0131. The molecule has 2 fully saturated rings. The van der Waals surface area contributed by atoms with Gasteiger partial charge in [-0.2, -0.15) is 0 Å². The van der Waals surface area contributed by atoms with Gasteiger partial charge in [-0.3, -0.25) is 14.4 Å². The topological polar surface area (TPSA) is 98.8 Å². The molecule has 0 saturated carbocycles.